The summed E-state index contributed by atoms with van der Waals surface area (Å²) in [5.74, 6) is -0.00693. The molecule has 9 nitrogen and oxygen atoms in total. The number of H-pyrrole nitrogens is 2. The van der Waals surface area contributed by atoms with Crippen molar-refractivity contribution in [1.29, 1.82) is 0 Å². The van der Waals surface area contributed by atoms with Crippen molar-refractivity contribution in [2.24, 2.45) is 5.92 Å². The van der Waals surface area contributed by atoms with Crippen LogP contribution in [0.15, 0.2) is 17.1 Å². The molecule has 2 aromatic heterocycles. The molecule has 0 aliphatic carbocycles. The predicted octanol–water partition coefficient (Wildman–Crippen LogP) is 0.660. The van der Waals surface area contributed by atoms with E-state index in [2.05, 4.69) is 25.6 Å². The summed E-state index contributed by atoms with van der Waals surface area (Å²) in [4.78, 5) is 26.2. The standard InChI is InChI=1S/C15H22N6O3/c1-9(2)21-11(5-6-17-21)13-10(4-3-7-24-13)14(22)16-8-12-18-15(23)20-19-12/h5-6,9-10,13H,3-4,7-8H2,1-2H3,(H,16,22)(H2,18,19,20,23)/t10-,13-/m1/s1. The topological polar surface area (TPSA) is 118 Å². The van der Waals surface area contributed by atoms with E-state index in [1.807, 2.05) is 24.6 Å². The second-order valence-electron chi connectivity index (χ2n) is 6.18. The number of hydrogen-bond acceptors (Lipinski definition) is 5. The molecule has 24 heavy (non-hydrogen) atoms. The number of hydrogen-bond donors (Lipinski definition) is 3. The molecule has 0 aromatic carbocycles. The van der Waals surface area contributed by atoms with Crippen molar-refractivity contribution in [2.45, 2.75) is 45.4 Å². The van der Waals surface area contributed by atoms with Crippen molar-refractivity contribution < 1.29 is 9.53 Å². The maximum Gasteiger partial charge on any atom is 0.340 e. The smallest absolute Gasteiger partial charge is 0.340 e. The van der Waals surface area contributed by atoms with Crippen molar-refractivity contribution in [2.75, 3.05) is 6.61 Å². The number of aromatic amines is 2. The normalized spacial score (nSPS) is 21.1. The number of nitrogens with zero attached hydrogens (tertiary/aromatic N) is 3. The van der Waals surface area contributed by atoms with Crippen LogP contribution in [0, 0.1) is 5.92 Å². The zero-order valence-corrected chi connectivity index (χ0v) is 13.8. The van der Waals surface area contributed by atoms with E-state index in [9.17, 15) is 9.59 Å². The van der Waals surface area contributed by atoms with Gasteiger partial charge in [0.15, 0.2) is 0 Å². The molecular formula is C15H22N6O3. The van der Waals surface area contributed by atoms with Crippen molar-refractivity contribution >= 4 is 5.91 Å². The number of carbonyl (C=O) groups is 1. The Kier molecular flexibility index (Phi) is 4.79. The van der Waals surface area contributed by atoms with Crippen LogP contribution in [0.5, 0.6) is 0 Å². The van der Waals surface area contributed by atoms with Gasteiger partial charge in [-0.1, -0.05) is 0 Å². The third-order valence-electron chi connectivity index (χ3n) is 4.12. The highest BCUT2D eigenvalue weighted by Crippen LogP contribution is 2.34. The SMILES string of the molecule is CC(C)n1nccc1[C@@H]1OCCC[C@H]1C(=O)NCc1n[nH]c(=O)[nH]1. The summed E-state index contributed by atoms with van der Waals surface area (Å²) in [6.07, 6.45) is 3.00. The van der Waals surface area contributed by atoms with Crippen molar-refractivity contribution in [3.05, 3.63) is 34.3 Å². The summed E-state index contributed by atoms with van der Waals surface area (Å²) in [5.41, 5.74) is 0.525. The average Bonchev–Trinajstić information content (AvgIpc) is 3.21. The molecule has 0 unspecified atom stereocenters. The molecule has 1 saturated heterocycles. The molecule has 2 atom stereocenters. The number of amides is 1. The summed E-state index contributed by atoms with van der Waals surface area (Å²) in [5, 5.41) is 13.2. The molecule has 1 amide bonds. The van der Waals surface area contributed by atoms with Gasteiger partial charge in [0, 0.05) is 18.8 Å². The lowest BCUT2D eigenvalue weighted by molar-refractivity contribution is -0.135. The fraction of sp³-hybridized carbons (Fsp3) is 0.600. The zero-order chi connectivity index (χ0) is 17.1. The molecule has 2 aromatic rings. The molecule has 1 fully saturated rings. The van der Waals surface area contributed by atoms with Gasteiger partial charge in [-0.25, -0.2) is 9.89 Å². The molecule has 130 valence electrons. The number of ether oxygens (including phenoxy) is 1. The lowest BCUT2D eigenvalue weighted by Gasteiger charge is -2.31. The fourth-order valence-corrected chi connectivity index (χ4v) is 3.01. The van der Waals surface area contributed by atoms with Crippen molar-refractivity contribution in [3.8, 4) is 0 Å². The van der Waals surface area contributed by atoms with Gasteiger partial charge in [-0.05, 0) is 32.8 Å². The highest BCUT2D eigenvalue weighted by molar-refractivity contribution is 5.79. The molecule has 3 heterocycles. The van der Waals surface area contributed by atoms with Crippen LogP contribution in [-0.4, -0.2) is 37.5 Å². The second kappa shape index (κ2) is 7.00. The summed E-state index contributed by atoms with van der Waals surface area (Å²) in [6, 6.07) is 2.10. The number of aromatic nitrogens is 5. The van der Waals surface area contributed by atoms with E-state index in [-0.39, 0.29) is 36.2 Å². The summed E-state index contributed by atoms with van der Waals surface area (Å²) < 4.78 is 7.79. The average molecular weight is 334 g/mol. The first-order valence-electron chi connectivity index (χ1n) is 8.12. The fourth-order valence-electron chi connectivity index (χ4n) is 3.01. The van der Waals surface area contributed by atoms with E-state index in [4.69, 9.17) is 4.74 Å². The summed E-state index contributed by atoms with van der Waals surface area (Å²) in [7, 11) is 0. The molecule has 1 aliphatic rings. The Labute approximate surface area is 138 Å². The van der Waals surface area contributed by atoms with Gasteiger partial charge in [-0.15, -0.1) is 0 Å². The number of carbonyl (C=O) groups excluding carboxylic acids is 1. The quantitative estimate of drug-likeness (QED) is 0.742. The largest absolute Gasteiger partial charge is 0.371 e. The van der Waals surface area contributed by atoms with E-state index in [1.165, 1.54) is 0 Å². The Bertz CT molecular complexity index is 746. The van der Waals surface area contributed by atoms with Crippen molar-refractivity contribution in [1.82, 2.24) is 30.3 Å². The molecule has 9 heteroatoms. The maximum atomic E-state index is 12.6. The van der Waals surface area contributed by atoms with Gasteiger partial charge in [-0.3, -0.25) is 14.5 Å². The molecule has 1 aliphatic heterocycles. The Morgan fingerprint density at radius 3 is 3.08 bits per heavy atom. The third kappa shape index (κ3) is 3.40. The minimum Gasteiger partial charge on any atom is -0.371 e. The Hall–Kier alpha value is -2.42. The Morgan fingerprint density at radius 2 is 2.38 bits per heavy atom. The Morgan fingerprint density at radius 1 is 1.54 bits per heavy atom. The van der Waals surface area contributed by atoms with Crippen LogP contribution in [0.25, 0.3) is 0 Å². The van der Waals surface area contributed by atoms with Crippen LogP contribution < -0.4 is 11.0 Å². The van der Waals surface area contributed by atoms with Crippen LogP contribution in [-0.2, 0) is 16.1 Å². The minimum atomic E-state index is -0.390. The van der Waals surface area contributed by atoms with Crippen LogP contribution in [0.4, 0.5) is 0 Å². The van der Waals surface area contributed by atoms with Gasteiger partial charge in [0.05, 0.1) is 18.2 Å². The van der Waals surface area contributed by atoms with Crippen LogP contribution in [0.1, 0.15) is 50.4 Å². The van der Waals surface area contributed by atoms with E-state index < -0.39 is 0 Å². The molecule has 0 radical (unpaired) electrons. The highest BCUT2D eigenvalue weighted by Gasteiger charge is 2.35. The highest BCUT2D eigenvalue weighted by atomic mass is 16.5. The van der Waals surface area contributed by atoms with Gasteiger partial charge in [0.2, 0.25) is 5.91 Å². The molecule has 0 saturated carbocycles. The van der Waals surface area contributed by atoms with Crippen LogP contribution in [0.2, 0.25) is 0 Å². The predicted molar refractivity (Wildman–Crippen MR) is 85.1 cm³/mol. The molecule has 0 spiro atoms. The molecule has 3 rings (SSSR count). The first kappa shape index (κ1) is 16.4. The second-order valence-corrected chi connectivity index (χ2v) is 6.18. The first-order valence-corrected chi connectivity index (χ1v) is 8.12. The third-order valence-corrected chi connectivity index (χ3v) is 4.12. The van der Waals surface area contributed by atoms with Gasteiger partial charge < -0.3 is 10.1 Å². The molecule has 0 bridgehead atoms. The molecular weight excluding hydrogens is 312 g/mol. The van der Waals surface area contributed by atoms with Crippen molar-refractivity contribution in [3.63, 3.8) is 0 Å². The van der Waals surface area contributed by atoms with E-state index in [0.29, 0.717) is 12.4 Å². The zero-order valence-electron chi connectivity index (χ0n) is 13.8. The summed E-state index contributed by atoms with van der Waals surface area (Å²) in [6.45, 7) is 4.89. The van der Waals surface area contributed by atoms with E-state index in [1.54, 1.807) is 6.20 Å². The van der Waals surface area contributed by atoms with Crippen LogP contribution in [0.3, 0.4) is 0 Å². The van der Waals surface area contributed by atoms with Gasteiger partial charge >= 0.3 is 5.69 Å². The number of rotatable bonds is 5. The lowest BCUT2D eigenvalue weighted by Crippen LogP contribution is -2.38. The lowest BCUT2D eigenvalue weighted by atomic mass is 9.91. The minimum absolute atomic E-state index is 0.111. The first-order chi connectivity index (χ1) is 11.6. The van der Waals surface area contributed by atoms with E-state index in [0.717, 1.165) is 18.5 Å². The van der Waals surface area contributed by atoms with Gasteiger partial charge in [0.1, 0.15) is 11.9 Å². The summed E-state index contributed by atoms with van der Waals surface area (Å²) >= 11 is 0. The molecule has 3 N–H and O–H groups in total. The monoisotopic (exact) mass is 334 g/mol. The Balaban J connectivity index is 1.72. The van der Waals surface area contributed by atoms with E-state index >= 15 is 0 Å². The van der Waals surface area contributed by atoms with Gasteiger partial charge in [-0.2, -0.15) is 10.2 Å². The van der Waals surface area contributed by atoms with Gasteiger partial charge in [0.25, 0.3) is 0 Å². The maximum absolute atomic E-state index is 12.6. The van der Waals surface area contributed by atoms with Crippen LogP contribution >= 0.6 is 0 Å². The number of nitrogens with one attached hydrogen (secondary N) is 3.